The van der Waals surface area contributed by atoms with Gasteiger partial charge in [-0.2, -0.15) is 0 Å². The fourth-order valence-electron chi connectivity index (χ4n) is 1.89. The van der Waals surface area contributed by atoms with E-state index in [4.69, 9.17) is 4.74 Å². The van der Waals surface area contributed by atoms with Crippen molar-refractivity contribution in [2.45, 2.75) is 40.0 Å². The lowest BCUT2D eigenvalue weighted by Gasteiger charge is -2.10. The molecule has 1 N–H and O–H groups in total. The van der Waals surface area contributed by atoms with Crippen LogP contribution in [-0.2, 0) is 0 Å². The third-order valence-electron chi connectivity index (χ3n) is 2.93. The second-order valence-corrected chi connectivity index (χ2v) is 5.43. The molecule has 1 rings (SSSR count). The second kappa shape index (κ2) is 8.54. The summed E-state index contributed by atoms with van der Waals surface area (Å²) >= 11 is 3.57. The number of ether oxygens (including phenoxy) is 1. The number of aryl methyl sites for hydroxylation is 2. The van der Waals surface area contributed by atoms with E-state index in [1.165, 1.54) is 28.4 Å². The van der Waals surface area contributed by atoms with Crippen molar-refractivity contribution in [2.24, 2.45) is 0 Å². The molecule has 0 bridgehead atoms. The largest absolute Gasteiger partial charge is 0.494 e. The first-order chi connectivity index (χ1) is 8.65. The number of nitrogens with one attached hydrogen (secondary N) is 1. The first-order valence-corrected chi connectivity index (χ1v) is 7.54. The maximum absolute atomic E-state index is 5.79. The van der Waals surface area contributed by atoms with E-state index in [-0.39, 0.29) is 0 Å². The van der Waals surface area contributed by atoms with Crippen molar-refractivity contribution >= 4 is 15.9 Å². The number of unbranched alkanes of at least 4 members (excludes halogenated alkanes) is 2. The van der Waals surface area contributed by atoms with E-state index in [1.807, 2.05) is 0 Å². The highest BCUT2D eigenvalue weighted by molar-refractivity contribution is 9.10. The van der Waals surface area contributed by atoms with Crippen molar-refractivity contribution in [3.8, 4) is 5.75 Å². The monoisotopic (exact) mass is 313 g/mol. The molecule has 3 heteroatoms. The van der Waals surface area contributed by atoms with E-state index >= 15 is 0 Å². The summed E-state index contributed by atoms with van der Waals surface area (Å²) in [6, 6.07) is 4.19. The molecule has 18 heavy (non-hydrogen) atoms. The Hall–Kier alpha value is -0.540. The van der Waals surface area contributed by atoms with Gasteiger partial charge in [0.2, 0.25) is 0 Å². The van der Waals surface area contributed by atoms with Crippen molar-refractivity contribution in [3.05, 3.63) is 27.7 Å². The molecular weight excluding hydrogens is 290 g/mol. The Balaban J connectivity index is 2.23. The molecule has 0 saturated heterocycles. The number of rotatable bonds is 8. The van der Waals surface area contributed by atoms with E-state index in [0.717, 1.165) is 31.9 Å². The maximum atomic E-state index is 5.79. The molecule has 102 valence electrons. The quantitative estimate of drug-likeness (QED) is 0.725. The smallest absolute Gasteiger partial charge is 0.119 e. The highest BCUT2D eigenvalue weighted by Crippen LogP contribution is 2.26. The summed E-state index contributed by atoms with van der Waals surface area (Å²) in [6.07, 6.45) is 3.58. The normalized spacial score (nSPS) is 10.7. The molecule has 2 nitrogen and oxygen atoms in total. The second-order valence-electron chi connectivity index (χ2n) is 4.63. The third kappa shape index (κ3) is 5.40. The van der Waals surface area contributed by atoms with Crippen LogP contribution < -0.4 is 10.1 Å². The summed E-state index contributed by atoms with van der Waals surface area (Å²) in [5.41, 5.74) is 2.47. The third-order valence-corrected chi connectivity index (χ3v) is 4.18. The van der Waals surface area contributed by atoms with Crippen molar-refractivity contribution in [2.75, 3.05) is 19.7 Å². The predicted molar refractivity (Wildman–Crippen MR) is 81.5 cm³/mol. The highest BCUT2D eigenvalue weighted by Gasteiger charge is 2.02. The van der Waals surface area contributed by atoms with Gasteiger partial charge in [0.1, 0.15) is 5.75 Å². The molecule has 0 saturated carbocycles. The van der Waals surface area contributed by atoms with Crippen LogP contribution in [0.3, 0.4) is 0 Å². The van der Waals surface area contributed by atoms with Crippen molar-refractivity contribution < 1.29 is 4.74 Å². The van der Waals surface area contributed by atoms with E-state index in [0.29, 0.717) is 0 Å². The van der Waals surface area contributed by atoms with E-state index in [2.05, 4.69) is 54.2 Å². The van der Waals surface area contributed by atoms with Crippen LogP contribution in [0.4, 0.5) is 0 Å². The number of hydrogen-bond donors (Lipinski definition) is 1. The Morgan fingerprint density at radius 1 is 1.11 bits per heavy atom. The van der Waals surface area contributed by atoms with Gasteiger partial charge in [0, 0.05) is 4.47 Å². The summed E-state index contributed by atoms with van der Waals surface area (Å²) in [7, 11) is 0. The van der Waals surface area contributed by atoms with Gasteiger partial charge in [-0.25, -0.2) is 0 Å². The van der Waals surface area contributed by atoms with Gasteiger partial charge in [-0.05, 0) is 69.5 Å². The van der Waals surface area contributed by atoms with Crippen molar-refractivity contribution in [1.29, 1.82) is 0 Å². The molecule has 0 aliphatic carbocycles. The minimum Gasteiger partial charge on any atom is -0.494 e. The molecule has 0 radical (unpaired) electrons. The van der Waals surface area contributed by atoms with Crippen LogP contribution in [0, 0.1) is 13.8 Å². The standard InChI is InChI=1S/C15H24BrNO/c1-4-17-8-6-5-7-9-18-14-10-12(2)15(16)13(3)11-14/h10-11,17H,4-9H2,1-3H3. The molecule has 1 aromatic rings. The van der Waals surface area contributed by atoms with Gasteiger partial charge in [0.05, 0.1) is 6.61 Å². The lowest BCUT2D eigenvalue weighted by Crippen LogP contribution is -2.14. The van der Waals surface area contributed by atoms with Gasteiger partial charge in [-0.1, -0.05) is 22.9 Å². The van der Waals surface area contributed by atoms with Gasteiger partial charge < -0.3 is 10.1 Å². The van der Waals surface area contributed by atoms with Crippen LogP contribution in [0.15, 0.2) is 16.6 Å². The molecule has 0 fully saturated rings. The first-order valence-electron chi connectivity index (χ1n) is 6.75. The Morgan fingerprint density at radius 2 is 1.78 bits per heavy atom. The lowest BCUT2D eigenvalue weighted by molar-refractivity contribution is 0.304. The fraction of sp³-hybridized carbons (Fsp3) is 0.600. The van der Waals surface area contributed by atoms with Crippen LogP contribution in [0.1, 0.15) is 37.3 Å². The molecule has 0 aliphatic heterocycles. The van der Waals surface area contributed by atoms with Crippen LogP contribution >= 0.6 is 15.9 Å². The van der Waals surface area contributed by atoms with Crippen LogP contribution in [-0.4, -0.2) is 19.7 Å². The Labute approximate surface area is 119 Å². The van der Waals surface area contributed by atoms with Crippen LogP contribution in [0.5, 0.6) is 5.75 Å². The summed E-state index contributed by atoms with van der Waals surface area (Å²) < 4.78 is 6.97. The zero-order chi connectivity index (χ0) is 13.4. The van der Waals surface area contributed by atoms with Gasteiger partial charge in [-0.15, -0.1) is 0 Å². The topological polar surface area (TPSA) is 21.3 Å². The number of hydrogen-bond acceptors (Lipinski definition) is 2. The van der Waals surface area contributed by atoms with E-state index in [1.54, 1.807) is 0 Å². The minimum atomic E-state index is 0.812. The molecule has 0 atom stereocenters. The minimum absolute atomic E-state index is 0.812. The molecule has 1 aromatic carbocycles. The van der Waals surface area contributed by atoms with Gasteiger partial charge in [-0.3, -0.25) is 0 Å². The van der Waals surface area contributed by atoms with Gasteiger partial charge in [0.25, 0.3) is 0 Å². The fourth-order valence-corrected chi connectivity index (χ4v) is 2.11. The molecule has 0 aromatic heterocycles. The molecule has 0 unspecified atom stereocenters. The lowest BCUT2D eigenvalue weighted by atomic mass is 10.1. The number of benzene rings is 1. The summed E-state index contributed by atoms with van der Waals surface area (Å²) in [5, 5.41) is 3.33. The van der Waals surface area contributed by atoms with Gasteiger partial charge >= 0.3 is 0 Å². The predicted octanol–water partition coefficient (Wildman–Crippen LogP) is 4.22. The van der Waals surface area contributed by atoms with Gasteiger partial charge in [0.15, 0.2) is 0 Å². The molecule has 0 amide bonds. The maximum Gasteiger partial charge on any atom is 0.119 e. The number of halogens is 1. The molecule has 0 spiro atoms. The molecular formula is C15H24BrNO. The van der Waals surface area contributed by atoms with Crippen LogP contribution in [0.25, 0.3) is 0 Å². The van der Waals surface area contributed by atoms with E-state index in [9.17, 15) is 0 Å². The summed E-state index contributed by atoms with van der Waals surface area (Å²) in [6.45, 7) is 9.33. The average molecular weight is 314 g/mol. The van der Waals surface area contributed by atoms with Crippen molar-refractivity contribution in [1.82, 2.24) is 5.32 Å². The van der Waals surface area contributed by atoms with E-state index < -0.39 is 0 Å². The summed E-state index contributed by atoms with van der Waals surface area (Å²) in [4.78, 5) is 0. The first kappa shape index (κ1) is 15.5. The summed E-state index contributed by atoms with van der Waals surface area (Å²) in [5.74, 6) is 0.986. The Bertz CT molecular complexity index is 343. The molecule has 0 aliphatic rings. The Morgan fingerprint density at radius 3 is 2.39 bits per heavy atom. The zero-order valence-corrected chi connectivity index (χ0v) is 13.3. The Kier molecular flexibility index (Phi) is 7.36. The van der Waals surface area contributed by atoms with Crippen molar-refractivity contribution in [3.63, 3.8) is 0 Å². The highest BCUT2D eigenvalue weighted by atomic mass is 79.9. The molecule has 0 heterocycles. The average Bonchev–Trinajstić information content (AvgIpc) is 2.34. The SMILES string of the molecule is CCNCCCCCOc1cc(C)c(Br)c(C)c1. The zero-order valence-electron chi connectivity index (χ0n) is 11.7. The van der Waals surface area contributed by atoms with Crippen LogP contribution in [0.2, 0.25) is 0 Å².